The van der Waals surface area contributed by atoms with Gasteiger partial charge in [-0.25, -0.2) is 0 Å². The monoisotopic (exact) mass is 648 g/mol. The zero-order valence-electron chi connectivity index (χ0n) is 30.5. The molecule has 3 atom stereocenters. The molecular formula is C41H77NO4. The van der Waals surface area contributed by atoms with Crippen LogP contribution in [0.4, 0.5) is 0 Å². The van der Waals surface area contributed by atoms with Gasteiger partial charge in [0, 0.05) is 6.42 Å². The fraction of sp³-hybridized carbons (Fsp3) is 0.829. The number of unbranched alkanes of at least 4 members (excludes halogenated alkanes) is 21. The molecule has 0 spiro atoms. The first-order valence-corrected chi connectivity index (χ1v) is 19.8. The van der Waals surface area contributed by atoms with E-state index in [1.165, 1.54) is 122 Å². The minimum Gasteiger partial charge on any atom is -0.394 e. The molecule has 0 aromatic rings. The van der Waals surface area contributed by atoms with Gasteiger partial charge in [0.05, 0.1) is 18.8 Å². The minimum atomic E-state index is -1.17. The fourth-order valence-electron chi connectivity index (χ4n) is 5.82. The van der Waals surface area contributed by atoms with Crippen molar-refractivity contribution in [1.29, 1.82) is 0 Å². The largest absolute Gasteiger partial charge is 0.394 e. The zero-order chi connectivity index (χ0) is 33.8. The standard InChI is InChI=1S/C41H77NO4/c1-3-5-7-9-11-13-15-17-19-20-22-23-25-27-29-31-33-35-39(44)41(46)38(37-43)42-40(45)36-34-32-30-28-26-24-21-18-16-14-12-10-8-6-4-2/h14,16,20,22,27,29,38-39,41,43-44,46H,3-13,15,17-19,21,23-26,28,30-37H2,1-2H3,(H,42,45)/b16-14-,22-20+,29-27+. The predicted octanol–water partition coefficient (Wildman–Crippen LogP) is 10.8. The lowest BCUT2D eigenvalue weighted by Crippen LogP contribution is -2.50. The third-order valence-corrected chi connectivity index (χ3v) is 8.94. The molecule has 5 heteroatoms. The van der Waals surface area contributed by atoms with Crippen molar-refractivity contribution in [3.8, 4) is 0 Å². The van der Waals surface area contributed by atoms with Gasteiger partial charge in [0.2, 0.25) is 5.91 Å². The van der Waals surface area contributed by atoms with Gasteiger partial charge in [-0.2, -0.15) is 0 Å². The highest BCUT2D eigenvalue weighted by atomic mass is 16.3. The third-order valence-electron chi connectivity index (χ3n) is 8.94. The normalized spacial score (nSPS) is 14.1. The average molecular weight is 648 g/mol. The van der Waals surface area contributed by atoms with E-state index < -0.39 is 18.2 Å². The Morgan fingerprint density at radius 2 is 0.891 bits per heavy atom. The molecule has 5 nitrogen and oxygen atoms in total. The first kappa shape index (κ1) is 44.6. The number of nitrogens with one attached hydrogen (secondary N) is 1. The lowest BCUT2D eigenvalue weighted by atomic mass is 10.0. The fourth-order valence-corrected chi connectivity index (χ4v) is 5.82. The van der Waals surface area contributed by atoms with Crippen LogP contribution in [0.15, 0.2) is 36.5 Å². The van der Waals surface area contributed by atoms with Crippen molar-refractivity contribution < 1.29 is 20.1 Å². The Bertz CT molecular complexity index is 719. The Hall–Kier alpha value is -1.43. The van der Waals surface area contributed by atoms with Gasteiger partial charge in [0.1, 0.15) is 6.10 Å². The summed E-state index contributed by atoms with van der Waals surface area (Å²) >= 11 is 0. The maximum atomic E-state index is 12.4. The highest BCUT2D eigenvalue weighted by Crippen LogP contribution is 2.13. The van der Waals surface area contributed by atoms with Gasteiger partial charge in [0.15, 0.2) is 0 Å². The lowest BCUT2D eigenvalue weighted by molar-refractivity contribution is -0.124. The van der Waals surface area contributed by atoms with E-state index in [0.717, 1.165) is 44.9 Å². The molecule has 0 saturated carbocycles. The Morgan fingerprint density at radius 1 is 0.522 bits per heavy atom. The molecular weight excluding hydrogens is 570 g/mol. The highest BCUT2D eigenvalue weighted by Gasteiger charge is 2.26. The van der Waals surface area contributed by atoms with E-state index in [2.05, 4.69) is 55.6 Å². The maximum Gasteiger partial charge on any atom is 0.220 e. The number of allylic oxidation sites excluding steroid dienone is 6. The number of carbonyl (C=O) groups is 1. The third kappa shape index (κ3) is 31.2. The number of hydrogen-bond donors (Lipinski definition) is 4. The summed E-state index contributed by atoms with van der Waals surface area (Å²) < 4.78 is 0. The molecule has 0 saturated heterocycles. The van der Waals surface area contributed by atoms with Crippen molar-refractivity contribution in [2.75, 3.05) is 6.61 Å². The van der Waals surface area contributed by atoms with Gasteiger partial charge < -0.3 is 20.6 Å². The van der Waals surface area contributed by atoms with E-state index in [1.807, 2.05) is 0 Å². The lowest BCUT2D eigenvalue weighted by Gasteiger charge is -2.26. The topological polar surface area (TPSA) is 89.8 Å². The maximum absolute atomic E-state index is 12.4. The van der Waals surface area contributed by atoms with E-state index in [0.29, 0.717) is 12.8 Å². The molecule has 0 aromatic heterocycles. The van der Waals surface area contributed by atoms with Crippen LogP contribution >= 0.6 is 0 Å². The Morgan fingerprint density at radius 3 is 1.35 bits per heavy atom. The van der Waals surface area contributed by atoms with E-state index in [1.54, 1.807) is 0 Å². The molecule has 0 fully saturated rings. The second-order valence-electron chi connectivity index (χ2n) is 13.5. The van der Waals surface area contributed by atoms with Gasteiger partial charge in [-0.15, -0.1) is 0 Å². The molecule has 0 bridgehead atoms. The SMILES string of the molecule is CCCCCC/C=C\CCCCCCCCCC(=O)NC(CO)C(O)C(O)CCC/C=C/CC/C=C/CCCCCCCCCC. The molecule has 0 radical (unpaired) electrons. The van der Waals surface area contributed by atoms with Crippen molar-refractivity contribution in [1.82, 2.24) is 5.32 Å². The molecule has 0 aliphatic carbocycles. The average Bonchev–Trinajstić information content (AvgIpc) is 3.06. The summed E-state index contributed by atoms with van der Waals surface area (Å²) in [6.45, 7) is 4.13. The van der Waals surface area contributed by atoms with E-state index >= 15 is 0 Å². The number of aliphatic hydroxyl groups excluding tert-OH is 3. The summed E-state index contributed by atoms with van der Waals surface area (Å²) in [6.07, 6.45) is 43.8. The van der Waals surface area contributed by atoms with E-state index in [-0.39, 0.29) is 12.5 Å². The van der Waals surface area contributed by atoms with Crippen molar-refractivity contribution >= 4 is 5.91 Å². The molecule has 270 valence electrons. The summed E-state index contributed by atoms with van der Waals surface area (Å²) in [6, 6.07) is -0.832. The zero-order valence-corrected chi connectivity index (χ0v) is 30.5. The Labute approximate surface area is 285 Å². The number of carbonyl (C=O) groups excluding carboxylic acids is 1. The van der Waals surface area contributed by atoms with Crippen LogP contribution in [0.5, 0.6) is 0 Å². The first-order valence-electron chi connectivity index (χ1n) is 19.8. The highest BCUT2D eigenvalue weighted by molar-refractivity contribution is 5.76. The molecule has 46 heavy (non-hydrogen) atoms. The van der Waals surface area contributed by atoms with Crippen LogP contribution in [-0.2, 0) is 4.79 Å². The van der Waals surface area contributed by atoms with Crippen LogP contribution in [0, 0.1) is 0 Å². The molecule has 0 aliphatic heterocycles. The predicted molar refractivity (Wildman–Crippen MR) is 199 cm³/mol. The van der Waals surface area contributed by atoms with Gasteiger partial charge in [-0.1, -0.05) is 147 Å². The molecule has 4 N–H and O–H groups in total. The summed E-state index contributed by atoms with van der Waals surface area (Å²) in [5, 5.41) is 33.4. The molecule has 1 amide bonds. The van der Waals surface area contributed by atoms with Gasteiger partial charge in [0.25, 0.3) is 0 Å². The van der Waals surface area contributed by atoms with Crippen LogP contribution in [0.2, 0.25) is 0 Å². The van der Waals surface area contributed by atoms with Crippen LogP contribution in [-0.4, -0.2) is 46.1 Å². The smallest absolute Gasteiger partial charge is 0.220 e. The minimum absolute atomic E-state index is 0.165. The van der Waals surface area contributed by atoms with Crippen molar-refractivity contribution in [2.24, 2.45) is 0 Å². The van der Waals surface area contributed by atoms with Crippen molar-refractivity contribution in [2.45, 2.75) is 212 Å². The van der Waals surface area contributed by atoms with Crippen LogP contribution in [0.25, 0.3) is 0 Å². The summed E-state index contributed by atoms with van der Waals surface area (Å²) in [4.78, 5) is 12.4. The second-order valence-corrected chi connectivity index (χ2v) is 13.5. The Balaban J connectivity index is 3.76. The van der Waals surface area contributed by atoms with E-state index in [4.69, 9.17) is 0 Å². The quantitative estimate of drug-likeness (QED) is 0.0407. The van der Waals surface area contributed by atoms with Crippen LogP contribution < -0.4 is 5.32 Å². The van der Waals surface area contributed by atoms with Gasteiger partial charge in [-0.3, -0.25) is 4.79 Å². The van der Waals surface area contributed by atoms with Crippen LogP contribution in [0.1, 0.15) is 194 Å². The van der Waals surface area contributed by atoms with E-state index in [9.17, 15) is 20.1 Å². The molecule has 0 rings (SSSR count). The molecule has 3 unspecified atom stereocenters. The summed E-state index contributed by atoms with van der Waals surface area (Å²) in [5.74, 6) is -0.165. The van der Waals surface area contributed by atoms with Crippen molar-refractivity contribution in [3.63, 3.8) is 0 Å². The molecule has 0 aliphatic rings. The Kier molecular flexibility index (Phi) is 35.3. The van der Waals surface area contributed by atoms with Gasteiger partial charge >= 0.3 is 0 Å². The molecule has 0 heterocycles. The summed E-state index contributed by atoms with van der Waals surface area (Å²) in [7, 11) is 0. The number of aliphatic hydroxyl groups is 3. The van der Waals surface area contributed by atoms with Gasteiger partial charge in [-0.05, 0) is 77.0 Å². The summed E-state index contributed by atoms with van der Waals surface area (Å²) in [5.41, 5.74) is 0. The number of hydrogen-bond acceptors (Lipinski definition) is 4. The van der Waals surface area contributed by atoms with Crippen molar-refractivity contribution in [3.05, 3.63) is 36.5 Å². The first-order chi connectivity index (χ1) is 22.6. The van der Waals surface area contributed by atoms with Crippen LogP contribution in [0.3, 0.4) is 0 Å². The number of rotatable bonds is 35. The molecule has 0 aromatic carbocycles. The number of amides is 1. The second kappa shape index (κ2) is 36.4.